The molecule has 118 valence electrons. The van der Waals surface area contributed by atoms with Gasteiger partial charge in [0, 0.05) is 25.3 Å². The zero-order valence-electron chi connectivity index (χ0n) is 14.3. The number of rotatable bonds is 6. The fraction of sp³-hybridized carbons (Fsp3) is 0.722. The quantitative estimate of drug-likeness (QED) is 0.807. The lowest BCUT2D eigenvalue weighted by molar-refractivity contribution is 0.494. The van der Waals surface area contributed by atoms with Crippen LogP contribution in [0.5, 0.6) is 0 Å². The van der Waals surface area contributed by atoms with Gasteiger partial charge in [-0.25, -0.2) is 4.98 Å². The largest absolute Gasteiger partial charge is 0.356 e. The SMILES string of the molecule is CCCNCc1cc(C(C)C)nc(N2CC(C)C(C)C2)c1. The Morgan fingerprint density at radius 2 is 1.90 bits per heavy atom. The minimum Gasteiger partial charge on any atom is -0.356 e. The second-order valence-corrected chi connectivity index (χ2v) is 6.95. The van der Waals surface area contributed by atoms with Gasteiger partial charge in [0.15, 0.2) is 0 Å². The third-order valence-corrected chi connectivity index (χ3v) is 4.55. The van der Waals surface area contributed by atoms with E-state index in [1.165, 1.54) is 23.5 Å². The smallest absolute Gasteiger partial charge is 0.129 e. The van der Waals surface area contributed by atoms with Gasteiger partial charge in [-0.15, -0.1) is 0 Å². The molecule has 0 radical (unpaired) electrons. The van der Waals surface area contributed by atoms with Crippen molar-refractivity contribution in [3.8, 4) is 0 Å². The van der Waals surface area contributed by atoms with Crippen LogP contribution in [-0.4, -0.2) is 24.6 Å². The average Bonchev–Trinajstić information content (AvgIpc) is 2.79. The van der Waals surface area contributed by atoms with Gasteiger partial charge in [0.1, 0.15) is 5.82 Å². The lowest BCUT2D eigenvalue weighted by atomic mass is 10.0. The van der Waals surface area contributed by atoms with Crippen LogP contribution in [0.15, 0.2) is 12.1 Å². The van der Waals surface area contributed by atoms with Gasteiger partial charge in [0.25, 0.3) is 0 Å². The molecule has 3 heteroatoms. The van der Waals surface area contributed by atoms with Crippen LogP contribution in [0.3, 0.4) is 0 Å². The second kappa shape index (κ2) is 7.26. The molecule has 21 heavy (non-hydrogen) atoms. The number of nitrogens with one attached hydrogen (secondary N) is 1. The lowest BCUT2D eigenvalue weighted by Gasteiger charge is -2.20. The highest BCUT2D eigenvalue weighted by Gasteiger charge is 2.27. The van der Waals surface area contributed by atoms with Crippen LogP contribution in [0.1, 0.15) is 58.2 Å². The first-order valence-corrected chi connectivity index (χ1v) is 8.47. The van der Waals surface area contributed by atoms with E-state index >= 15 is 0 Å². The van der Waals surface area contributed by atoms with E-state index in [1.54, 1.807) is 0 Å². The number of anilines is 1. The number of pyridine rings is 1. The molecule has 1 N–H and O–H groups in total. The third kappa shape index (κ3) is 4.19. The number of hydrogen-bond donors (Lipinski definition) is 1. The Balaban J connectivity index is 2.19. The highest BCUT2D eigenvalue weighted by atomic mass is 15.2. The summed E-state index contributed by atoms with van der Waals surface area (Å²) in [4.78, 5) is 7.37. The molecule has 2 heterocycles. The van der Waals surface area contributed by atoms with Gasteiger partial charge in [-0.3, -0.25) is 0 Å². The van der Waals surface area contributed by atoms with Crippen molar-refractivity contribution in [2.24, 2.45) is 11.8 Å². The van der Waals surface area contributed by atoms with Crippen molar-refractivity contribution in [2.45, 2.75) is 53.5 Å². The molecule has 1 saturated heterocycles. The van der Waals surface area contributed by atoms with Gasteiger partial charge >= 0.3 is 0 Å². The molecule has 1 aromatic heterocycles. The van der Waals surface area contributed by atoms with E-state index in [2.05, 4.69) is 57.0 Å². The molecule has 0 spiro atoms. The molecular formula is C18H31N3. The summed E-state index contributed by atoms with van der Waals surface area (Å²) in [7, 11) is 0. The summed E-state index contributed by atoms with van der Waals surface area (Å²) >= 11 is 0. The highest BCUT2D eigenvalue weighted by Crippen LogP contribution is 2.28. The van der Waals surface area contributed by atoms with Gasteiger partial charge in [-0.2, -0.15) is 0 Å². The Bertz CT molecular complexity index is 446. The summed E-state index contributed by atoms with van der Waals surface area (Å²) < 4.78 is 0. The molecule has 1 aliphatic heterocycles. The van der Waals surface area contributed by atoms with Crippen molar-refractivity contribution in [3.05, 3.63) is 23.4 Å². The topological polar surface area (TPSA) is 28.2 Å². The summed E-state index contributed by atoms with van der Waals surface area (Å²) in [5, 5.41) is 3.51. The second-order valence-electron chi connectivity index (χ2n) is 6.95. The molecule has 2 atom stereocenters. The third-order valence-electron chi connectivity index (χ3n) is 4.55. The van der Waals surface area contributed by atoms with E-state index in [0.717, 1.165) is 38.0 Å². The summed E-state index contributed by atoms with van der Waals surface area (Å²) in [6.07, 6.45) is 1.18. The molecule has 0 saturated carbocycles. The van der Waals surface area contributed by atoms with Gasteiger partial charge in [-0.05, 0) is 48.4 Å². The van der Waals surface area contributed by atoms with Gasteiger partial charge in [-0.1, -0.05) is 34.6 Å². The van der Waals surface area contributed by atoms with Crippen molar-refractivity contribution in [2.75, 3.05) is 24.5 Å². The van der Waals surface area contributed by atoms with Crippen LogP contribution in [0, 0.1) is 11.8 Å². The Kier molecular flexibility index (Phi) is 5.63. The van der Waals surface area contributed by atoms with Crippen LogP contribution in [0.2, 0.25) is 0 Å². The monoisotopic (exact) mass is 289 g/mol. The molecule has 0 aliphatic carbocycles. The van der Waals surface area contributed by atoms with E-state index in [1.807, 2.05) is 0 Å². The maximum atomic E-state index is 4.91. The summed E-state index contributed by atoms with van der Waals surface area (Å²) in [5.74, 6) is 3.17. The fourth-order valence-electron chi connectivity index (χ4n) is 2.88. The van der Waals surface area contributed by atoms with Gasteiger partial charge in [0.2, 0.25) is 0 Å². The minimum absolute atomic E-state index is 0.479. The molecule has 1 aromatic rings. The lowest BCUT2D eigenvalue weighted by Crippen LogP contribution is -2.22. The van der Waals surface area contributed by atoms with Crippen molar-refractivity contribution in [3.63, 3.8) is 0 Å². The molecule has 2 unspecified atom stereocenters. The number of nitrogens with zero attached hydrogens (tertiary/aromatic N) is 2. The average molecular weight is 289 g/mol. The van der Waals surface area contributed by atoms with Gasteiger partial charge < -0.3 is 10.2 Å². The molecule has 3 nitrogen and oxygen atoms in total. The molecule has 0 bridgehead atoms. The predicted octanol–water partition coefficient (Wildman–Crippen LogP) is 3.80. The van der Waals surface area contributed by atoms with Crippen LogP contribution in [0.4, 0.5) is 5.82 Å². The molecule has 0 amide bonds. The Labute approximate surface area is 130 Å². The van der Waals surface area contributed by atoms with Crippen LogP contribution in [0.25, 0.3) is 0 Å². The maximum absolute atomic E-state index is 4.91. The van der Waals surface area contributed by atoms with E-state index in [0.29, 0.717) is 5.92 Å². The van der Waals surface area contributed by atoms with E-state index < -0.39 is 0 Å². The minimum atomic E-state index is 0.479. The Hall–Kier alpha value is -1.09. The molecule has 1 fully saturated rings. The zero-order valence-corrected chi connectivity index (χ0v) is 14.3. The molecular weight excluding hydrogens is 258 g/mol. The molecule has 1 aliphatic rings. The van der Waals surface area contributed by atoms with Crippen molar-refractivity contribution in [1.82, 2.24) is 10.3 Å². The fourth-order valence-corrected chi connectivity index (χ4v) is 2.88. The van der Waals surface area contributed by atoms with Crippen LogP contribution >= 0.6 is 0 Å². The Morgan fingerprint density at radius 3 is 2.48 bits per heavy atom. The van der Waals surface area contributed by atoms with E-state index in [-0.39, 0.29) is 0 Å². The summed E-state index contributed by atoms with van der Waals surface area (Å²) in [5.41, 5.74) is 2.58. The first-order valence-electron chi connectivity index (χ1n) is 8.47. The van der Waals surface area contributed by atoms with Crippen LogP contribution < -0.4 is 10.2 Å². The summed E-state index contributed by atoms with van der Waals surface area (Å²) in [6, 6.07) is 4.54. The zero-order chi connectivity index (χ0) is 15.4. The van der Waals surface area contributed by atoms with E-state index in [9.17, 15) is 0 Å². The molecule has 2 rings (SSSR count). The maximum Gasteiger partial charge on any atom is 0.129 e. The van der Waals surface area contributed by atoms with Crippen LogP contribution in [-0.2, 0) is 6.54 Å². The standard InChI is InChI=1S/C18H31N3/c1-6-7-19-10-16-8-17(13(2)3)20-18(9-16)21-11-14(4)15(5)12-21/h8-9,13-15,19H,6-7,10-12H2,1-5H3. The number of hydrogen-bond acceptors (Lipinski definition) is 3. The highest BCUT2D eigenvalue weighted by molar-refractivity contribution is 5.44. The normalized spacial score (nSPS) is 22.3. The van der Waals surface area contributed by atoms with Crippen molar-refractivity contribution < 1.29 is 0 Å². The van der Waals surface area contributed by atoms with Crippen molar-refractivity contribution in [1.29, 1.82) is 0 Å². The predicted molar refractivity (Wildman–Crippen MR) is 90.9 cm³/mol. The van der Waals surface area contributed by atoms with Crippen molar-refractivity contribution >= 4 is 5.82 Å². The summed E-state index contributed by atoms with van der Waals surface area (Å²) in [6.45, 7) is 15.7. The first-order chi connectivity index (χ1) is 10.0. The van der Waals surface area contributed by atoms with E-state index in [4.69, 9.17) is 4.98 Å². The number of aromatic nitrogens is 1. The van der Waals surface area contributed by atoms with Gasteiger partial charge in [0.05, 0.1) is 0 Å². The Morgan fingerprint density at radius 1 is 1.24 bits per heavy atom. The molecule has 0 aromatic carbocycles. The first kappa shape index (κ1) is 16.3.